The Morgan fingerprint density at radius 3 is 1.88 bits per heavy atom. The maximum Gasteiger partial charge on any atom is 0.471 e. The zero-order chi connectivity index (χ0) is 6.78. The molecule has 0 fully saturated rings. The van der Waals surface area contributed by atoms with Gasteiger partial charge in [0.15, 0.2) is 0 Å². The minimum Gasteiger partial charge on any atom is -0.351 e. The second-order valence-corrected chi connectivity index (χ2v) is 1.08. The third-order valence-corrected chi connectivity index (χ3v) is 0.485. The SMILES string of the molecule is CNC(=O)C(F)(F)F. The highest BCUT2D eigenvalue weighted by Crippen LogP contribution is 2.13. The quantitative estimate of drug-likeness (QED) is 0.498. The van der Waals surface area contributed by atoms with Gasteiger partial charge in [-0.2, -0.15) is 13.2 Å². The summed E-state index contributed by atoms with van der Waals surface area (Å²) in [5, 5.41) is 1.44. The van der Waals surface area contributed by atoms with Crippen molar-refractivity contribution < 1.29 is 18.0 Å². The summed E-state index contributed by atoms with van der Waals surface area (Å²) in [5.74, 6) is -1.92. The van der Waals surface area contributed by atoms with Gasteiger partial charge in [-0.15, -0.1) is 0 Å². The van der Waals surface area contributed by atoms with E-state index in [4.69, 9.17) is 0 Å². The molecule has 8 heavy (non-hydrogen) atoms. The molecule has 0 bridgehead atoms. The highest BCUT2D eigenvalue weighted by molar-refractivity contribution is 5.81. The first-order valence-electron chi connectivity index (χ1n) is 1.77. The van der Waals surface area contributed by atoms with Crippen LogP contribution < -0.4 is 5.32 Å². The fourth-order valence-corrected chi connectivity index (χ4v) is 0.142. The van der Waals surface area contributed by atoms with E-state index < -0.39 is 12.1 Å². The topological polar surface area (TPSA) is 29.1 Å². The van der Waals surface area contributed by atoms with Crippen LogP contribution in [0.5, 0.6) is 0 Å². The molecule has 0 unspecified atom stereocenters. The molecular formula is C3H4F3NO. The average Bonchev–Trinajstić information content (AvgIpc) is 1.62. The summed E-state index contributed by atoms with van der Waals surface area (Å²) in [6.07, 6.45) is -4.74. The largest absolute Gasteiger partial charge is 0.471 e. The number of hydrogen-bond acceptors (Lipinski definition) is 1. The molecule has 0 rings (SSSR count). The Labute approximate surface area is 43.7 Å². The third kappa shape index (κ3) is 1.81. The molecule has 0 saturated heterocycles. The van der Waals surface area contributed by atoms with E-state index in [1.165, 1.54) is 5.32 Å². The van der Waals surface area contributed by atoms with Crippen molar-refractivity contribution in [1.82, 2.24) is 5.32 Å². The monoisotopic (exact) mass is 127 g/mol. The standard InChI is InChI=1S/C3H4F3NO/c1-7-2(8)3(4,5)6/h1H3,(H,7,8). The van der Waals surface area contributed by atoms with Gasteiger partial charge in [0.25, 0.3) is 0 Å². The van der Waals surface area contributed by atoms with Crippen LogP contribution in [0.25, 0.3) is 0 Å². The van der Waals surface area contributed by atoms with Gasteiger partial charge in [-0.1, -0.05) is 0 Å². The molecule has 5 heteroatoms. The lowest BCUT2D eigenvalue weighted by Gasteiger charge is -2.00. The van der Waals surface area contributed by atoms with E-state index in [0.717, 1.165) is 7.05 Å². The highest BCUT2D eigenvalue weighted by Gasteiger charge is 2.37. The first kappa shape index (κ1) is 7.26. The van der Waals surface area contributed by atoms with Gasteiger partial charge in [-0.3, -0.25) is 4.79 Å². The van der Waals surface area contributed by atoms with Gasteiger partial charge in [0, 0.05) is 7.05 Å². The smallest absolute Gasteiger partial charge is 0.351 e. The van der Waals surface area contributed by atoms with Crippen LogP contribution in [0.1, 0.15) is 0 Å². The van der Waals surface area contributed by atoms with Gasteiger partial charge in [0.05, 0.1) is 0 Å². The fraction of sp³-hybridized carbons (Fsp3) is 0.667. The van der Waals surface area contributed by atoms with Crippen LogP contribution in [-0.4, -0.2) is 19.1 Å². The molecule has 0 heterocycles. The molecule has 1 N–H and O–H groups in total. The number of halogens is 3. The van der Waals surface area contributed by atoms with E-state index in [9.17, 15) is 18.0 Å². The van der Waals surface area contributed by atoms with Gasteiger partial charge in [-0.05, 0) is 0 Å². The van der Waals surface area contributed by atoms with Crippen molar-refractivity contribution in [2.75, 3.05) is 7.05 Å². The number of rotatable bonds is 0. The number of amides is 1. The van der Waals surface area contributed by atoms with Crippen LogP contribution >= 0.6 is 0 Å². The lowest BCUT2D eigenvalue weighted by atomic mass is 10.6. The molecule has 0 aromatic carbocycles. The van der Waals surface area contributed by atoms with E-state index in [-0.39, 0.29) is 0 Å². The van der Waals surface area contributed by atoms with Gasteiger partial charge in [0.2, 0.25) is 0 Å². The normalized spacial score (nSPS) is 11.0. The summed E-state index contributed by atoms with van der Waals surface area (Å²) < 4.78 is 33.1. The van der Waals surface area contributed by atoms with Crippen LogP contribution in [0.4, 0.5) is 13.2 Å². The Kier molecular flexibility index (Phi) is 1.83. The summed E-state index contributed by atoms with van der Waals surface area (Å²) in [6.45, 7) is 0. The van der Waals surface area contributed by atoms with Crippen molar-refractivity contribution in [2.45, 2.75) is 6.18 Å². The maximum absolute atomic E-state index is 11.0. The summed E-state index contributed by atoms with van der Waals surface area (Å²) in [4.78, 5) is 9.60. The van der Waals surface area contributed by atoms with Crippen molar-refractivity contribution in [3.63, 3.8) is 0 Å². The van der Waals surface area contributed by atoms with Crippen LogP contribution in [0, 0.1) is 0 Å². The zero-order valence-corrected chi connectivity index (χ0v) is 4.04. The summed E-state index contributed by atoms with van der Waals surface area (Å²) in [7, 11) is 0.926. The Hall–Kier alpha value is -0.740. The number of hydrogen-bond donors (Lipinski definition) is 1. The molecule has 0 spiro atoms. The number of alkyl halides is 3. The number of carbonyl (C=O) groups excluding carboxylic acids is 1. The molecule has 48 valence electrons. The Morgan fingerprint density at radius 1 is 1.50 bits per heavy atom. The van der Waals surface area contributed by atoms with Crippen molar-refractivity contribution in [3.8, 4) is 0 Å². The van der Waals surface area contributed by atoms with E-state index in [1.54, 1.807) is 0 Å². The third-order valence-electron chi connectivity index (χ3n) is 0.485. The first-order valence-corrected chi connectivity index (χ1v) is 1.77. The molecule has 2 nitrogen and oxygen atoms in total. The Morgan fingerprint density at radius 2 is 1.88 bits per heavy atom. The molecule has 0 saturated carbocycles. The zero-order valence-electron chi connectivity index (χ0n) is 4.04. The Bertz CT molecular complexity index is 97.2. The van der Waals surface area contributed by atoms with Crippen LogP contribution in [0.15, 0.2) is 0 Å². The number of nitrogens with one attached hydrogen (secondary N) is 1. The molecule has 0 aliphatic carbocycles. The average molecular weight is 127 g/mol. The van der Waals surface area contributed by atoms with Crippen LogP contribution in [0.3, 0.4) is 0 Å². The second-order valence-electron chi connectivity index (χ2n) is 1.08. The predicted octanol–water partition coefficient (Wildman–Crippen LogP) is 0.295. The van der Waals surface area contributed by atoms with Gasteiger partial charge < -0.3 is 5.32 Å². The summed E-state index contributed by atoms with van der Waals surface area (Å²) >= 11 is 0. The Balaban J connectivity index is 3.82. The van der Waals surface area contributed by atoms with Crippen molar-refractivity contribution in [1.29, 1.82) is 0 Å². The molecule has 0 aromatic rings. The summed E-state index contributed by atoms with van der Waals surface area (Å²) in [5.41, 5.74) is 0. The van der Waals surface area contributed by atoms with Gasteiger partial charge in [-0.25, -0.2) is 0 Å². The predicted molar refractivity (Wildman–Crippen MR) is 20.1 cm³/mol. The molecule has 0 atom stereocenters. The van der Waals surface area contributed by atoms with Gasteiger partial charge >= 0.3 is 12.1 Å². The molecule has 0 aliphatic heterocycles. The minimum absolute atomic E-state index is 0.926. The maximum atomic E-state index is 11.0. The van der Waals surface area contributed by atoms with E-state index >= 15 is 0 Å². The van der Waals surface area contributed by atoms with E-state index in [1.807, 2.05) is 0 Å². The molecule has 1 amide bonds. The highest BCUT2D eigenvalue weighted by atomic mass is 19.4. The van der Waals surface area contributed by atoms with E-state index in [0.29, 0.717) is 0 Å². The van der Waals surface area contributed by atoms with E-state index in [2.05, 4.69) is 0 Å². The fourth-order valence-electron chi connectivity index (χ4n) is 0.142. The van der Waals surface area contributed by atoms with Gasteiger partial charge in [0.1, 0.15) is 0 Å². The molecule has 0 aliphatic rings. The second kappa shape index (κ2) is 2.02. The number of carbonyl (C=O) groups is 1. The molecule has 0 aromatic heterocycles. The lowest BCUT2D eigenvalue weighted by Crippen LogP contribution is -2.33. The van der Waals surface area contributed by atoms with Crippen LogP contribution in [0.2, 0.25) is 0 Å². The molecular weight excluding hydrogens is 123 g/mol. The van der Waals surface area contributed by atoms with Crippen molar-refractivity contribution in [2.24, 2.45) is 0 Å². The first-order chi connectivity index (χ1) is 3.48. The molecule has 0 radical (unpaired) electrons. The van der Waals surface area contributed by atoms with Crippen molar-refractivity contribution in [3.05, 3.63) is 0 Å². The van der Waals surface area contributed by atoms with Crippen LogP contribution in [-0.2, 0) is 4.79 Å². The summed E-state index contributed by atoms with van der Waals surface area (Å²) in [6, 6.07) is 0. The lowest BCUT2D eigenvalue weighted by molar-refractivity contribution is -0.172. The minimum atomic E-state index is -4.74. The van der Waals surface area contributed by atoms with Crippen molar-refractivity contribution >= 4 is 5.91 Å².